The lowest BCUT2D eigenvalue weighted by molar-refractivity contribution is 0.277. The first-order valence-electron chi connectivity index (χ1n) is 28.1. The van der Waals surface area contributed by atoms with Gasteiger partial charge in [-0.1, -0.05) is 30.3 Å². The van der Waals surface area contributed by atoms with Crippen LogP contribution in [0.1, 0.15) is 44.2 Å². The van der Waals surface area contributed by atoms with Gasteiger partial charge in [-0.05, 0) is 151 Å². The highest BCUT2D eigenvalue weighted by atomic mass is 16.3. The zero-order valence-electron chi connectivity index (χ0n) is 45.7. The lowest BCUT2D eigenvalue weighted by Crippen LogP contribution is -2.35. The molecule has 20 nitrogen and oxygen atoms in total. The number of aromatic nitrogens is 12. The minimum Gasteiger partial charge on any atom is -0.390 e. The van der Waals surface area contributed by atoms with Crippen LogP contribution in [0.4, 0.5) is 23.1 Å². The second-order valence-electron chi connectivity index (χ2n) is 20.8. The van der Waals surface area contributed by atoms with E-state index in [4.69, 9.17) is 21.5 Å². The Morgan fingerprint density at radius 3 is 1.30 bits per heavy atom. The fourth-order valence-corrected chi connectivity index (χ4v) is 10.7. The number of aryl methyl sites for hydroxylation is 1. The molecule has 0 aliphatic carbocycles. The molecule has 3 aliphatic heterocycles. The SMILES string of the molecule is Cn1cc(-c2ccc3ncc(-c4cccc(NC5CCNCC5)n4)n3c2)cn1.OCc1ccc(-c2ccc3ncc(-c4cccc(NC5CCNCC5)n4)n3c2)cn1.[C-]#[N+]c1ccc2ncc(-c3cccc(NC4CCNCC4)n3)n2c1. The molecule has 11 aromatic heterocycles. The zero-order chi connectivity index (χ0) is 55.6. The predicted molar refractivity (Wildman–Crippen MR) is 321 cm³/mol. The highest BCUT2D eigenvalue weighted by Gasteiger charge is 2.18. The summed E-state index contributed by atoms with van der Waals surface area (Å²) in [5.41, 5.74) is 13.5. The first-order valence-corrected chi connectivity index (χ1v) is 28.1. The zero-order valence-corrected chi connectivity index (χ0v) is 45.7. The van der Waals surface area contributed by atoms with E-state index in [1.165, 1.54) is 0 Å². The number of pyridine rings is 7. The van der Waals surface area contributed by atoms with Crippen LogP contribution >= 0.6 is 0 Å². The van der Waals surface area contributed by atoms with Crippen LogP contribution < -0.4 is 31.9 Å². The van der Waals surface area contributed by atoms with Crippen LogP contribution in [0.2, 0.25) is 0 Å². The molecule has 0 atom stereocenters. The quantitative estimate of drug-likeness (QED) is 0.0568. The molecular formula is C62H65N19O. The number of aliphatic hydroxyl groups is 1. The number of rotatable bonds is 12. The van der Waals surface area contributed by atoms with Gasteiger partial charge in [0, 0.05) is 78.4 Å². The lowest BCUT2D eigenvalue weighted by Gasteiger charge is -2.24. The van der Waals surface area contributed by atoms with Crippen molar-refractivity contribution in [2.75, 3.05) is 55.2 Å². The molecule has 0 spiro atoms. The number of fused-ring (bicyclic) bond motifs is 3. The molecule has 0 amide bonds. The second kappa shape index (κ2) is 25.0. The first kappa shape index (κ1) is 53.3. The molecule has 0 saturated carbocycles. The van der Waals surface area contributed by atoms with Gasteiger partial charge in [-0.15, -0.1) is 0 Å². The molecule has 0 unspecified atom stereocenters. The maximum absolute atomic E-state index is 9.21. The minimum atomic E-state index is -0.0571. The molecule has 0 bridgehead atoms. The standard InChI is InChI=1S/C23H24N6O.C21H23N7.C18H18N6/c30-15-19-6-4-16(12-25-19)17-5-7-23-26-13-21(29(23)14-17)20-2-1-3-22(28-20)27-18-8-10-24-11-9-18;1-27-13-16(11-24-27)15-5-6-21-23-12-19(28(21)14-15)18-3-2-4-20(26-18)25-17-7-9-22-10-8-17;1-19-14-5-6-18-21-11-16(24(18)12-14)15-3-2-4-17(23-15)22-13-7-9-20-10-8-13/h1-7,12-14,18,24,30H,8-11,15H2,(H,27,28);2-6,11-14,17,22H,7-10H2,1H3,(H,25,26);2-6,11-13,20H,7-10H2,(H,22,23). The van der Waals surface area contributed by atoms with Crippen LogP contribution in [-0.4, -0.2) is 120 Å². The molecule has 414 valence electrons. The summed E-state index contributed by atoms with van der Waals surface area (Å²) >= 11 is 0. The maximum Gasteiger partial charge on any atom is 0.203 e. The second-order valence-corrected chi connectivity index (χ2v) is 20.8. The molecule has 0 radical (unpaired) electrons. The van der Waals surface area contributed by atoms with Gasteiger partial charge in [0.25, 0.3) is 0 Å². The van der Waals surface area contributed by atoms with Gasteiger partial charge in [-0.25, -0.2) is 34.7 Å². The number of aliphatic hydroxyl groups excluding tert-OH is 1. The topological polar surface area (TPSA) is 218 Å². The molecule has 0 aromatic carbocycles. The van der Waals surface area contributed by atoms with Gasteiger partial charge in [0.15, 0.2) is 0 Å². The number of nitrogens with zero attached hydrogens (tertiary/aromatic N) is 13. The Labute approximate surface area is 475 Å². The third-order valence-electron chi connectivity index (χ3n) is 15.1. The summed E-state index contributed by atoms with van der Waals surface area (Å²) < 4.78 is 7.89. The molecule has 3 aliphatic rings. The van der Waals surface area contributed by atoms with Crippen molar-refractivity contribution in [3.63, 3.8) is 0 Å². The van der Waals surface area contributed by atoms with Crippen molar-refractivity contribution in [2.45, 2.75) is 63.3 Å². The lowest BCUT2D eigenvalue weighted by atomic mass is 10.1. The van der Waals surface area contributed by atoms with Crippen molar-refractivity contribution < 1.29 is 5.11 Å². The molecule has 82 heavy (non-hydrogen) atoms. The number of anilines is 3. The summed E-state index contributed by atoms with van der Waals surface area (Å²) in [5, 5.41) is 34.3. The Balaban J connectivity index is 0.000000122. The Morgan fingerprint density at radius 1 is 0.476 bits per heavy atom. The third-order valence-corrected chi connectivity index (χ3v) is 15.1. The Bertz CT molecular complexity index is 3970. The fourth-order valence-electron chi connectivity index (χ4n) is 10.7. The van der Waals surface area contributed by atoms with E-state index >= 15 is 0 Å². The molecule has 20 heteroatoms. The number of piperidine rings is 3. The molecule has 3 saturated heterocycles. The van der Waals surface area contributed by atoms with Crippen LogP contribution in [0.25, 0.3) is 78.2 Å². The van der Waals surface area contributed by atoms with E-state index in [0.717, 1.165) is 169 Å². The van der Waals surface area contributed by atoms with Gasteiger partial charge >= 0.3 is 0 Å². The van der Waals surface area contributed by atoms with Crippen molar-refractivity contribution in [1.29, 1.82) is 0 Å². The smallest absolute Gasteiger partial charge is 0.203 e. The molecule has 11 aromatic rings. The highest BCUT2D eigenvalue weighted by Crippen LogP contribution is 2.29. The van der Waals surface area contributed by atoms with Crippen molar-refractivity contribution in [1.82, 2.24) is 73.8 Å². The highest BCUT2D eigenvalue weighted by molar-refractivity contribution is 5.70. The predicted octanol–water partition coefficient (Wildman–Crippen LogP) is 9.19. The summed E-state index contributed by atoms with van der Waals surface area (Å²) in [4.78, 5) is 35.7. The summed E-state index contributed by atoms with van der Waals surface area (Å²) in [6.07, 6.45) is 23.9. The Kier molecular flexibility index (Phi) is 16.2. The van der Waals surface area contributed by atoms with Crippen LogP contribution in [-0.2, 0) is 13.7 Å². The van der Waals surface area contributed by atoms with Gasteiger partial charge in [-0.2, -0.15) is 5.10 Å². The first-order chi connectivity index (χ1) is 40.4. The summed E-state index contributed by atoms with van der Waals surface area (Å²) in [7, 11) is 1.93. The van der Waals surface area contributed by atoms with E-state index in [1.54, 1.807) is 24.7 Å². The number of nitrogens with one attached hydrogen (secondary N) is 6. The molecule has 14 heterocycles. The Morgan fingerprint density at radius 2 is 0.902 bits per heavy atom. The third kappa shape index (κ3) is 12.5. The van der Waals surface area contributed by atoms with E-state index in [2.05, 4.69) is 95.1 Å². The van der Waals surface area contributed by atoms with Gasteiger partial charge in [0.05, 0.1) is 77.8 Å². The average molecular weight is 1090 g/mol. The molecular weight excluding hydrogens is 1030 g/mol. The van der Waals surface area contributed by atoms with Crippen LogP contribution in [0, 0.1) is 6.57 Å². The van der Waals surface area contributed by atoms with Crippen molar-refractivity contribution in [2.24, 2.45) is 7.05 Å². The van der Waals surface area contributed by atoms with Crippen molar-refractivity contribution >= 4 is 40.1 Å². The van der Waals surface area contributed by atoms with Crippen LogP contribution in [0.3, 0.4) is 0 Å². The van der Waals surface area contributed by atoms with E-state index < -0.39 is 0 Å². The maximum atomic E-state index is 9.21. The fraction of sp³-hybridized carbons (Fsp3) is 0.274. The van der Waals surface area contributed by atoms with Crippen molar-refractivity contribution in [3.8, 4) is 56.4 Å². The van der Waals surface area contributed by atoms with Gasteiger partial charge < -0.3 is 41.4 Å². The van der Waals surface area contributed by atoms with Crippen molar-refractivity contribution in [3.05, 3.63) is 176 Å². The average Bonchev–Trinajstić information content (AvgIpc) is 4.56. The summed E-state index contributed by atoms with van der Waals surface area (Å²) in [6, 6.07) is 35.1. The molecule has 3 fully saturated rings. The minimum absolute atomic E-state index is 0.0571. The van der Waals surface area contributed by atoms with Gasteiger partial charge in [-0.3, -0.25) is 18.5 Å². The van der Waals surface area contributed by atoms with Gasteiger partial charge in [0.1, 0.15) is 34.4 Å². The van der Waals surface area contributed by atoms with Crippen LogP contribution in [0.5, 0.6) is 0 Å². The monoisotopic (exact) mass is 1090 g/mol. The van der Waals surface area contributed by atoms with Gasteiger partial charge in [0.2, 0.25) is 5.69 Å². The Hall–Kier alpha value is -9.39. The molecule has 7 N–H and O–H groups in total. The van der Waals surface area contributed by atoms with E-state index in [-0.39, 0.29) is 6.61 Å². The summed E-state index contributed by atoms with van der Waals surface area (Å²) in [6.45, 7) is 13.4. The number of imidazole rings is 3. The molecule has 14 rings (SSSR count). The normalized spacial score (nSPS) is 15.1. The number of hydrogen-bond donors (Lipinski definition) is 7. The number of hydrogen-bond acceptors (Lipinski definition) is 15. The van der Waals surface area contributed by atoms with E-state index in [9.17, 15) is 5.11 Å². The van der Waals surface area contributed by atoms with E-state index in [0.29, 0.717) is 29.5 Å². The largest absolute Gasteiger partial charge is 0.390 e. The van der Waals surface area contributed by atoms with Crippen LogP contribution in [0.15, 0.2) is 159 Å². The van der Waals surface area contributed by atoms with E-state index in [1.807, 2.05) is 126 Å². The summed E-state index contributed by atoms with van der Waals surface area (Å²) in [5.74, 6) is 2.70.